The molecule has 0 unspecified atom stereocenters. The van der Waals surface area contributed by atoms with E-state index in [0.717, 1.165) is 22.3 Å². The monoisotopic (exact) mass is 553 g/mol. The van der Waals surface area contributed by atoms with Crippen molar-refractivity contribution in [1.29, 1.82) is 0 Å². The van der Waals surface area contributed by atoms with Gasteiger partial charge in [-0.15, -0.1) is 13.2 Å². The first-order valence-corrected chi connectivity index (χ1v) is 12.7. The third-order valence-corrected chi connectivity index (χ3v) is 6.38. The van der Waals surface area contributed by atoms with Crippen molar-refractivity contribution < 1.29 is 32.5 Å². The van der Waals surface area contributed by atoms with E-state index in [9.17, 15) is 18.0 Å². The smallest absolute Gasteiger partial charge is 0.487 e. The Kier molecular flexibility index (Phi) is 8.79. The number of ether oxygens (including phenoxy) is 2. The standard InChI is InChI=1S/C30H30F3N3O4/c1-19(2)25-17-35-36(26-6-4-5-7-28(26)40-30(31,32)33)27(25)18-39-24-13-12-23(20(3)14-24)16-34-15-21-8-10-22(11-9-21)29(37)38/h4-14,17,19,34H,15-16,18H2,1-3H3,(H,37,38). The Morgan fingerprint density at radius 3 is 2.42 bits per heavy atom. The summed E-state index contributed by atoms with van der Waals surface area (Å²) in [6.07, 6.45) is -3.19. The topological polar surface area (TPSA) is 85.6 Å². The summed E-state index contributed by atoms with van der Waals surface area (Å²) in [4.78, 5) is 11.0. The predicted molar refractivity (Wildman–Crippen MR) is 144 cm³/mol. The molecule has 4 aromatic rings. The minimum Gasteiger partial charge on any atom is -0.487 e. The summed E-state index contributed by atoms with van der Waals surface area (Å²) < 4.78 is 50.8. The molecule has 0 amide bonds. The maximum Gasteiger partial charge on any atom is 0.573 e. The van der Waals surface area contributed by atoms with Gasteiger partial charge in [0.05, 0.1) is 17.5 Å². The van der Waals surface area contributed by atoms with Gasteiger partial charge in [-0.3, -0.25) is 0 Å². The number of carboxylic acids is 1. The highest BCUT2D eigenvalue weighted by atomic mass is 19.4. The molecule has 10 heteroatoms. The number of carbonyl (C=O) groups is 1. The Balaban J connectivity index is 1.45. The number of aryl methyl sites for hydroxylation is 1. The van der Waals surface area contributed by atoms with Crippen LogP contribution in [0, 0.1) is 6.92 Å². The summed E-state index contributed by atoms with van der Waals surface area (Å²) in [7, 11) is 0. The number of nitrogens with zero attached hydrogens (tertiary/aromatic N) is 2. The Bertz CT molecular complexity index is 1460. The zero-order chi connectivity index (χ0) is 28.9. The number of carboxylic acid groups (broad SMARTS) is 1. The van der Waals surface area contributed by atoms with E-state index in [-0.39, 0.29) is 29.5 Å². The van der Waals surface area contributed by atoms with Crippen molar-refractivity contribution in [2.75, 3.05) is 0 Å². The van der Waals surface area contributed by atoms with E-state index in [0.29, 0.717) is 24.5 Å². The number of alkyl halides is 3. The molecule has 3 aromatic carbocycles. The number of hydrogen-bond donors (Lipinski definition) is 2. The van der Waals surface area contributed by atoms with Gasteiger partial charge in [0.15, 0.2) is 5.75 Å². The zero-order valence-electron chi connectivity index (χ0n) is 22.3. The van der Waals surface area contributed by atoms with Gasteiger partial charge in [-0.05, 0) is 71.5 Å². The lowest BCUT2D eigenvalue weighted by atomic mass is 10.0. The minimum absolute atomic E-state index is 0.0681. The molecule has 0 saturated carbocycles. The average Bonchev–Trinajstić information content (AvgIpc) is 3.32. The number of aromatic carboxylic acids is 1. The molecule has 0 radical (unpaired) electrons. The summed E-state index contributed by atoms with van der Waals surface area (Å²) in [6.45, 7) is 7.22. The summed E-state index contributed by atoms with van der Waals surface area (Å²) >= 11 is 0. The van der Waals surface area contributed by atoms with E-state index >= 15 is 0 Å². The van der Waals surface area contributed by atoms with Crippen molar-refractivity contribution in [3.05, 3.63) is 106 Å². The molecule has 1 aromatic heterocycles. The van der Waals surface area contributed by atoms with E-state index < -0.39 is 12.3 Å². The number of rotatable bonds is 11. The van der Waals surface area contributed by atoms with Crippen molar-refractivity contribution in [2.24, 2.45) is 0 Å². The Morgan fingerprint density at radius 2 is 1.77 bits per heavy atom. The molecule has 0 aliphatic carbocycles. The van der Waals surface area contributed by atoms with Gasteiger partial charge in [0.25, 0.3) is 0 Å². The van der Waals surface area contributed by atoms with Crippen LogP contribution in [0.5, 0.6) is 11.5 Å². The fraction of sp³-hybridized carbons (Fsp3) is 0.267. The Hall–Kier alpha value is -4.31. The number of hydrogen-bond acceptors (Lipinski definition) is 5. The molecule has 0 spiro atoms. The van der Waals surface area contributed by atoms with Gasteiger partial charge in [-0.25, -0.2) is 9.48 Å². The molecule has 1 heterocycles. The number of para-hydroxylation sites is 2. The van der Waals surface area contributed by atoms with Crippen LogP contribution in [0.2, 0.25) is 0 Å². The lowest BCUT2D eigenvalue weighted by Crippen LogP contribution is -2.19. The lowest BCUT2D eigenvalue weighted by molar-refractivity contribution is -0.274. The fourth-order valence-corrected chi connectivity index (χ4v) is 4.28. The third kappa shape index (κ3) is 7.20. The van der Waals surface area contributed by atoms with Crippen LogP contribution < -0.4 is 14.8 Å². The molecule has 0 aliphatic rings. The van der Waals surface area contributed by atoms with Crippen molar-refractivity contribution >= 4 is 5.97 Å². The molecule has 4 rings (SSSR count). The SMILES string of the molecule is Cc1cc(OCc2c(C(C)C)cnn2-c2ccccc2OC(F)(F)F)ccc1CNCc1ccc(C(=O)O)cc1. The molecule has 210 valence electrons. The largest absolute Gasteiger partial charge is 0.573 e. The second-order valence-electron chi connectivity index (χ2n) is 9.61. The molecule has 0 aliphatic heterocycles. The van der Waals surface area contributed by atoms with Crippen LogP contribution in [0.15, 0.2) is 72.9 Å². The van der Waals surface area contributed by atoms with Crippen LogP contribution in [-0.4, -0.2) is 27.2 Å². The molecular weight excluding hydrogens is 523 g/mol. The normalized spacial score (nSPS) is 11.6. The molecule has 0 bridgehead atoms. The van der Waals surface area contributed by atoms with Gasteiger partial charge >= 0.3 is 12.3 Å². The van der Waals surface area contributed by atoms with Crippen LogP contribution in [-0.2, 0) is 19.7 Å². The first-order chi connectivity index (χ1) is 19.0. The zero-order valence-corrected chi connectivity index (χ0v) is 22.3. The van der Waals surface area contributed by atoms with Gasteiger partial charge in [0.1, 0.15) is 18.0 Å². The van der Waals surface area contributed by atoms with Crippen LogP contribution in [0.25, 0.3) is 5.69 Å². The molecule has 0 fully saturated rings. The highest BCUT2D eigenvalue weighted by Gasteiger charge is 2.32. The molecule has 7 nitrogen and oxygen atoms in total. The van der Waals surface area contributed by atoms with Gasteiger partial charge in [0, 0.05) is 13.1 Å². The summed E-state index contributed by atoms with van der Waals surface area (Å²) in [5, 5.41) is 16.7. The van der Waals surface area contributed by atoms with Gasteiger partial charge in [-0.1, -0.05) is 44.2 Å². The number of nitrogens with one attached hydrogen (secondary N) is 1. The summed E-state index contributed by atoms with van der Waals surface area (Å²) in [5.74, 6) is -0.617. The molecule has 40 heavy (non-hydrogen) atoms. The van der Waals surface area contributed by atoms with E-state index in [4.69, 9.17) is 9.84 Å². The second kappa shape index (κ2) is 12.3. The van der Waals surface area contributed by atoms with Crippen molar-refractivity contribution in [1.82, 2.24) is 15.1 Å². The van der Waals surface area contributed by atoms with Crippen LogP contribution in [0.3, 0.4) is 0 Å². The van der Waals surface area contributed by atoms with Crippen LogP contribution in [0.1, 0.15) is 58.1 Å². The Morgan fingerprint density at radius 1 is 1.05 bits per heavy atom. The Labute approximate surface area is 230 Å². The average molecular weight is 554 g/mol. The highest BCUT2D eigenvalue weighted by Crippen LogP contribution is 2.32. The summed E-state index contributed by atoms with van der Waals surface area (Å²) in [6, 6.07) is 18.3. The quantitative estimate of drug-likeness (QED) is 0.213. The molecule has 0 saturated heterocycles. The van der Waals surface area contributed by atoms with E-state index in [1.54, 1.807) is 36.5 Å². The van der Waals surface area contributed by atoms with E-state index in [1.165, 1.54) is 22.9 Å². The molecular formula is C30H30F3N3O4. The van der Waals surface area contributed by atoms with Crippen molar-refractivity contribution in [3.63, 3.8) is 0 Å². The predicted octanol–water partition coefficient (Wildman–Crippen LogP) is 6.77. The number of benzene rings is 3. The fourth-order valence-electron chi connectivity index (χ4n) is 4.28. The molecule has 2 N–H and O–H groups in total. The highest BCUT2D eigenvalue weighted by molar-refractivity contribution is 5.87. The molecule has 0 atom stereocenters. The number of aromatic nitrogens is 2. The van der Waals surface area contributed by atoms with Crippen LogP contribution in [0.4, 0.5) is 13.2 Å². The van der Waals surface area contributed by atoms with E-state index in [2.05, 4.69) is 15.2 Å². The second-order valence-corrected chi connectivity index (χ2v) is 9.61. The van der Waals surface area contributed by atoms with Gasteiger partial charge < -0.3 is 19.9 Å². The van der Waals surface area contributed by atoms with Crippen molar-refractivity contribution in [3.8, 4) is 17.2 Å². The lowest BCUT2D eigenvalue weighted by Gasteiger charge is -2.17. The minimum atomic E-state index is -4.83. The maximum atomic E-state index is 13.0. The van der Waals surface area contributed by atoms with Crippen LogP contribution >= 0.6 is 0 Å². The third-order valence-electron chi connectivity index (χ3n) is 6.38. The van der Waals surface area contributed by atoms with E-state index in [1.807, 2.05) is 39.0 Å². The van der Waals surface area contributed by atoms with Crippen molar-refractivity contribution in [2.45, 2.75) is 52.7 Å². The van der Waals surface area contributed by atoms with Gasteiger partial charge in [0.2, 0.25) is 0 Å². The first-order valence-electron chi connectivity index (χ1n) is 12.7. The number of halogens is 3. The van der Waals surface area contributed by atoms with Gasteiger partial charge in [-0.2, -0.15) is 5.10 Å². The maximum absolute atomic E-state index is 13.0. The first kappa shape index (κ1) is 28.7. The summed E-state index contributed by atoms with van der Waals surface area (Å²) in [5.41, 5.74) is 4.95.